The quantitative estimate of drug-likeness (QED) is 0.110. The van der Waals surface area contributed by atoms with Gasteiger partial charge >= 0.3 is 0 Å². The molecule has 0 aromatic carbocycles. The van der Waals surface area contributed by atoms with Gasteiger partial charge in [-0.05, 0) is 80.7 Å². The Labute approximate surface area is 222 Å². The summed E-state index contributed by atoms with van der Waals surface area (Å²) < 4.78 is 14.1. The van der Waals surface area contributed by atoms with Crippen molar-refractivity contribution in [2.24, 2.45) is 11.8 Å². The predicted octanol–water partition coefficient (Wildman–Crippen LogP) is 9.48. The summed E-state index contributed by atoms with van der Waals surface area (Å²) in [5, 5.41) is 9.83. The third-order valence-corrected chi connectivity index (χ3v) is 18.6. The van der Waals surface area contributed by atoms with E-state index in [0.29, 0.717) is 24.0 Å². The first-order valence-corrected chi connectivity index (χ1v) is 20.5. The normalized spacial score (nSPS) is 21.3. The Kier molecular flexibility index (Phi) is 14.6. The van der Waals surface area contributed by atoms with Crippen LogP contribution >= 0.6 is 0 Å². The van der Waals surface area contributed by atoms with Gasteiger partial charge in [-0.1, -0.05) is 86.3 Å². The third kappa shape index (κ3) is 10.0. The van der Waals surface area contributed by atoms with Crippen molar-refractivity contribution < 1.29 is 14.0 Å². The van der Waals surface area contributed by atoms with Gasteiger partial charge in [-0.25, -0.2) is 0 Å². The average molecular weight is 527 g/mol. The fourth-order valence-corrected chi connectivity index (χ4v) is 9.83. The topological polar surface area (TPSA) is 38.7 Å². The van der Waals surface area contributed by atoms with E-state index in [2.05, 4.69) is 74.6 Å². The average Bonchev–Trinajstić information content (AvgIpc) is 3.18. The van der Waals surface area contributed by atoms with Gasteiger partial charge in [-0.3, -0.25) is 0 Å². The first-order chi connectivity index (χ1) is 16.4. The van der Waals surface area contributed by atoms with Crippen LogP contribution in [0.1, 0.15) is 113 Å². The van der Waals surface area contributed by atoms with Crippen molar-refractivity contribution in [3.05, 3.63) is 11.6 Å². The molecule has 0 saturated carbocycles. The molecule has 5 heteroatoms. The van der Waals surface area contributed by atoms with Crippen molar-refractivity contribution in [1.29, 1.82) is 0 Å². The number of aliphatic hydroxyl groups excluding tert-OH is 1. The van der Waals surface area contributed by atoms with Gasteiger partial charge in [-0.2, -0.15) is 0 Å². The van der Waals surface area contributed by atoms with E-state index in [4.69, 9.17) is 8.85 Å². The van der Waals surface area contributed by atoms with Crippen LogP contribution in [0, 0.1) is 11.8 Å². The van der Waals surface area contributed by atoms with E-state index in [1.807, 2.05) is 0 Å². The van der Waals surface area contributed by atoms with E-state index in [9.17, 15) is 5.11 Å². The molecule has 35 heavy (non-hydrogen) atoms. The lowest BCUT2D eigenvalue weighted by molar-refractivity contribution is 0.107. The van der Waals surface area contributed by atoms with Crippen molar-refractivity contribution >= 4 is 16.6 Å². The highest BCUT2D eigenvalue weighted by Gasteiger charge is 2.41. The Bertz CT molecular complexity index is 599. The maximum atomic E-state index is 9.60. The molecule has 0 aromatic rings. The lowest BCUT2D eigenvalue weighted by Gasteiger charge is -2.41. The lowest BCUT2D eigenvalue weighted by atomic mass is 9.88. The first-order valence-electron chi connectivity index (χ1n) is 15.1. The minimum atomic E-state index is -1.82. The minimum absolute atomic E-state index is 0.234. The number of hydrogen-bond donors (Lipinski definition) is 1. The van der Waals surface area contributed by atoms with E-state index < -0.39 is 16.6 Å². The van der Waals surface area contributed by atoms with Gasteiger partial charge in [0.1, 0.15) is 0 Å². The molecule has 0 radical (unpaired) electrons. The van der Waals surface area contributed by atoms with Gasteiger partial charge in [0.15, 0.2) is 16.6 Å². The molecule has 1 rings (SSSR count). The zero-order valence-corrected chi connectivity index (χ0v) is 27.3. The smallest absolute Gasteiger partial charge is 0.192 e. The molecule has 3 nitrogen and oxygen atoms in total. The van der Waals surface area contributed by atoms with Gasteiger partial charge in [0.05, 0.1) is 6.10 Å². The molecule has 1 N–H and O–H groups in total. The number of aliphatic hydroxyl groups is 1. The molecule has 0 saturated heterocycles. The van der Waals surface area contributed by atoms with E-state index in [-0.39, 0.29) is 11.6 Å². The van der Waals surface area contributed by atoms with Crippen LogP contribution in [0.2, 0.25) is 36.3 Å². The summed E-state index contributed by atoms with van der Waals surface area (Å²) in [6.07, 6.45) is 13.5. The fourth-order valence-electron chi connectivity index (χ4n) is 5.47. The Morgan fingerprint density at radius 3 is 2.14 bits per heavy atom. The molecule has 0 aliphatic heterocycles. The van der Waals surface area contributed by atoms with Gasteiger partial charge in [-0.15, -0.1) is 0 Å². The SMILES string of the molecule is CCCCCC(C)C(CCC1=CC[C@H](O[Si](CC)(CC)CC)[C@@H]1CCCO)O[Si](C)(C)C(C)(C)C. The Morgan fingerprint density at radius 2 is 1.63 bits per heavy atom. The van der Waals surface area contributed by atoms with Crippen LogP contribution in [0.4, 0.5) is 0 Å². The van der Waals surface area contributed by atoms with Crippen LogP contribution in [0.25, 0.3) is 0 Å². The monoisotopic (exact) mass is 526 g/mol. The largest absolute Gasteiger partial charge is 0.414 e. The molecule has 0 amide bonds. The minimum Gasteiger partial charge on any atom is -0.414 e. The molecule has 0 aromatic heterocycles. The zero-order valence-electron chi connectivity index (χ0n) is 25.3. The van der Waals surface area contributed by atoms with Crippen molar-refractivity contribution in [3.63, 3.8) is 0 Å². The van der Waals surface area contributed by atoms with Gasteiger partial charge < -0.3 is 14.0 Å². The highest BCUT2D eigenvalue weighted by Crippen LogP contribution is 2.42. The molecule has 208 valence electrons. The molecule has 0 spiro atoms. The molecule has 4 atom stereocenters. The van der Waals surface area contributed by atoms with E-state index in [0.717, 1.165) is 32.1 Å². The predicted molar refractivity (Wildman–Crippen MR) is 159 cm³/mol. The van der Waals surface area contributed by atoms with Crippen LogP contribution in [-0.4, -0.2) is 40.6 Å². The summed E-state index contributed by atoms with van der Waals surface area (Å²) in [4.78, 5) is 0. The second-order valence-corrected chi connectivity index (χ2v) is 22.3. The van der Waals surface area contributed by atoms with Crippen molar-refractivity contribution in [2.75, 3.05) is 6.61 Å². The molecule has 1 aliphatic carbocycles. The fraction of sp³-hybridized carbons (Fsp3) is 0.933. The zero-order chi connectivity index (χ0) is 26.7. The maximum absolute atomic E-state index is 9.60. The van der Waals surface area contributed by atoms with E-state index >= 15 is 0 Å². The number of unbranched alkanes of at least 4 members (excludes halogenated alkanes) is 2. The molecule has 2 unspecified atom stereocenters. The molecule has 0 fully saturated rings. The molecule has 0 heterocycles. The summed E-state index contributed by atoms with van der Waals surface area (Å²) in [6.45, 7) is 23.9. The highest BCUT2D eigenvalue weighted by molar-refractivity contribution is 6.74. The van der Waals surface area contributed by atoms with Crippen molar-refractivity contribution in [3.8, 4) is 0 Å². The molecular weight excluding hydrogens is 464 g/mol. The Balaban J connectivity index is 2.99. The standard InChI is InChI=1S/C30H62O3Si2/c1-11-15-16-18-25(5)28(32-34(9,10)30(6,7)8)22-20-26-21-23-29(27(26)19-17-24-31)33-35(12-2,13-3)14-4/h21,25,27-29,31H,11-20,22-24H2,1-10H3/t25?,27-,28?,29+/m1/s1. The summed E-state index contributed by atoms with van der Waals surface area (Å²) in [7, 11) is -3.47. The van der Waals surface area contributed by atoms with Crippen LogP contribution < -0.4 is 0 Å². The third-order valence-electron chi connectivity index (χ3n) is 9.41. The van der Waals surface area contributed by atoms with Crippen LogP contribution in [0.5, 0.6) is 0 Å². The van der Waals surface area contributed by atoms with Crippen molar-refractivity contribution in [2.45, 2.75) is 162 Å². The van der Waals surface area contributed by atoms with Crippen LogP contribution in [0.15, 0.2) is 11.6 Å². The second kappa shape index (κ2) is 15.5. The van der Waals surface area contributed by atoms with Crippen LogP contribution in [0.3, 0.4) is 0 Å². The van der Waals surface area contributed by atoms with E-state index in [1.165, 1.54) is 43.8 Å². The summed E-state index contributed by atoms with van der Waals surface area (Å²) >= 11 is 0. The number of hydrogen-bond acceptors (Lipinski definition) is 3. The molecule has 1 aliphatic rings. The van der Waals surface area contributed by atoms with Crippen LogP contribution in [-0.2, 0) is 8.85 Å². The van der Waals surface area contributed by atoms with Gasteiger partial charge in [0.25, 0.3) is 0 Å². The maximum Gasteiger partial charge on any atom is 0.192 e. The summed E-state index contributed by atoms with van der Waals surface area (Å²) in [5.74, 6) is 1.07. The lowest BCUT2D eigenvalue weighted by Crippen LogP contribution is -2.45. The second-order valence-electron chi connectivity index (χ2n) is 12.8. The highest BCUT2D eigenvalue weighted by atomic mass is 28.4. The van der Waals surface area contributed by atoms with Gasteiger partial charge in [0.2, 0.25) is 0 Å². The Hall–Kier alpha value is 0.0538. The summed E-state index contributed by atoms with van der Waals surface area (Å²) in [6, 6.07) is 3.61. The Morgan fingerprint density at radius 1 is 1.00 bits per heavy atom. The molecule has 0 bridgehead atoms. The van der Waals surface area contributed by atoms with E-state index in [1.54, 1.807) is 5.57 Å². The van der Waals surface area contributed by atoms with Crippen molar-refractivity contribution in [1.82, 2.24) is 0 Å². The van der Waals surface area contributed by atoms with Gasteiger partial charge in [0, 0.05) is 18.6 Å². The first kappa shape index (κ1) is 33.1. The molecular formula is C30H62O3Si2. The summed E-state index contributed by atoms with van der Waals surface area (Å²) in [5.41, 5.74) is 1.58. The number of rotatable bonds is 18.